The number of hydrogen-bond donors (Lipinski definition) is 4. The van der Waals surface area contributed by atoms with Crippen molar-refractivity contribution in [1.82, 2.24) is 0 Å². The molecule has 0 amide bonds. The minimum atomic E-state index is -1.84. The smallest absolute Gasteiger partial charge is 0.229 e. The van der Waals surface area contributed by atoms with Crippen molar-refractivity contribution in [2.24, 2.45) is 0 Å². The molecule has 9 heteroatoms. The summed E-state index contributed by atoms with van der Waals surface area (Å²) in [7, 11) is 1.61. The van der Waals surface area contributed by atoms with E-state index in [0.717, 1.165) is 35.3 Å². The molecule has 9 nitrogen and oxygen atoms in total. The summed E-state index contributed by atoms with van der Waals surface area (Å²) >= 11 is 0. The van der Waals surface area contributed by atoms with Crippen LogP contribution >= 0.6 is 0 Å². The van der Waals surface area contributed by atoms with Crippen molar-refractivity contribution in [2.45, 2.75) is 69.3 Å². The Balaban J connectivity index is 1.57. The van der Waals surface area contributed by atoms with Gasteiger partial charge in [0.05, 0.1) is 20.3 Å². The fourth-order valence-corrected chi connectivity index (χ4v) is 4.29. The lowest BCUT2D eigenvalue weighted by molar-refractivity contribution is -0.308. The fraction of sp³-hybridized carbons (Fsp3) is 0.538. The average molecular weight is 491 g/mol. The molecule has 4 rings (SSSR count). The van der Waals surface area contributed by atoms with Crippen molar-refractivity contribution < 1.29 is 44.1 Å². The number of aliphatic hydroxyl groups is 4. The summed E-state index contributed by atoms with van der Waals surface area (Å²) in [5.41, 5.74) is 0.835. The van der Waals surface area contributed by atoms with E-state index in [9.17, 15) is 20.4 Å². The monoisotopic (exact) mass is 490 g/mol. The molecule has 1 unspecified atom stereocenters. The van der Waals surface area contributed by atoms with Crippen LogP contribution in [0.1, 0.15) is 36.5 Å². The van der Waals surface area contributed by atoms with E-state index < -0.39 is 36.8 Å². The van der Waals surface area contributed by atoms with Crippen LogP contribution in [0.25, 0.3) is 0 Å². The van der Waals surface area contributed by atoms with Crippen LogP contribution < -0.4 is 9.47 Å². The highest BCUT2D eigenvalue weighted by molar-refractivity contribution is 5.41. The second-order valence-electron chi connectivity index (χ2n) is 9.18. The molecule has 192 valence electrons. The summed E-state index contributed by atoms with van der Waals surface area (Å²) < 4.78 is 28.3. The Morgan fingerprint density at radius 1 is 1.09 bits per heavy atom. The standard InChI is InChI=1S/C26H34O9/c1-26(30)21(14-27)35-25(23(28)24(26)29)34-20-13-17(15-33-22-4-3-11-32-22)5-8-18(20)12-16-6-9-19(31-2)10-7-16/h5-10,13,21-25,27-30H,3-4,11-12,14-15H2,1-2H3/t21-,22?,23-,24-,25+,26-/m1/s1. The molecule has 0 radical (unpaired) electrons. The fourth-order valence-electron chi connectivity index (χ4n) is 4.29. The molecular weight excluding hydrogens is 456 g/mol. The Labute approximate surface area is 204 Å². The molecule has 35 heavy (non-hydrogen) atoms. The van der Waals surface area contributed by atoms with E-state index in [1.165, 1.54) is 6.92 Å². The van der Waals surface area contributed by atoms with Crippen molar-refractivity contribution in [2.75, 3.05) is 20.3 Å². The first-order valence-electron chi connectivity index (χ1n) is 11.8. The van der Waals surface area contributed by atoms with E-state index in [2.05, 4.69) is 0 Å². The average Bonchev–Trinajstić information content (AvgIpc) is 3.39. The zero-order valence-electron chi connectivity index (χ0n) is 20.0. The molecule has 2 aromatic carbocycles. The number of ether oxygens (including phenoxy) is 5. The van der Waals surface area contributed by atoms with E-state index in [-0.39, 0.29) is 6.29 Å². The van der Waals surface area contributed by atoms with Crippen LogP contribution in [-0.4, -0.2) is 77.2 Å². The van der Waals surface area contributed by atoms with E-state index in [4.69, 9.17) is 23.7 Å². The van der Waals surface area contributed by atoms with Gasteiger partial charge < -0.3 is 44.1 Å². The molecule has 2 fully saturated rings. The predicted octanol–water partition coefficient (Wildman–Crippen LogP) is 1.51. The maximum Gasteiger partial charge on any atom is 0.229 e. The number of methoxy groups -OCH3 is 1. The Hall–Kier alpha value is -2.24. The molecule has 2 heterocycles. The van der Waals surface area contributed by atoms with Crippen LogP contribution in [-0.2, 0) is 27.2 Å². The molecule has 0 spiro atoms. The molecule has 0 bridgehead atoms. The Morgan fingerprint density at radius 3 is 2.49 bits per heavy atom. The van der Waals surface area contributed by atoms with Crippen LogP contribution in [0, 0.1) is 0 Å². The summed E-state index contributed by atoms with van der Waals surface area (Å²) in [6.45, 7) is 1.75. The molecule has 0 aromatic heterocycles. The van der Waals surface area contributed by atoms with E-state index in [1.54, 1.807) is 13.2 Å². The van der Waals surface area contributed by atoms with Gasteiger partial charge in [-0.25, -0.2) is 0 Å². The van der Waals surface area contributed by atoms with Gasteiger partial charge in [-0.2, -0.15) is 0 Å². The van der Waals surface area contributed by atoms with E-state index in [1.807, 2.05) is 36.4 Å². The van der Waals surface area contributed by atoms with Gasteiger partial charge in [-0.15, -0.1) is 0 Å². The third kappa shape index (κ3) is 5.95. The van der Waals surface area contributed by atoms with Crippen LogP contribution in [0.2, 0.25) is 0 Å². The SMILES string of the molecule is COc1ccc(Cc2ccc(COC3CCCO3)cc2O[C@H]2O[C@H](CO)[C@@](C)(O)[C@H](O)[C@H]2O)cc1. The predicted molar refractivity (Wildman–Crippen MR) is 125 cm³/mol. The van der Waals surface area contributed by atoms with Crippen molar-refractivity contribution in [1.29, 1.82) is 0 Å². The van der Waals surface area contributed by atoms with Gasteiger partial charge in [-0.1, -0.05) is 24.3 Å². The first kappa shape index (κ1) is 25.8. The lowest BCUT2D eigenvalue weighted by Gasteiger charge is -2.45. The second kappa shape index (κ2) is 11.2. The number of aliphatic hydroxyl groups excluding tert-OH is 3. The summed E-state index contributed by atoms with van der Waals surface area (Å²) in [6.07, 6.45) is -3.43. The quantitative estimate of drug-likeness (QED) is 0.414. The maximum atomic E-state index is 10.6. The van der Waals surface area contributed by atoms with Gasteiger partial charge in [0.1, 0.15) is 35.4 Å². The van der Waals surface area contributed by atoms with Crippen LogP contribution in [0.3, 0.4) is 0 Å². The molecule has 0 aliphatic carbocycles. The van der Waals surface area contributed by atoms with Gasteiger partial charge in [-0.3, -0.25) is 0 Å². The summed E-state index contributed by atoms with van der Waals surface area (Å²) in [5.74, 6) is 1.19. The normalized spacial score (nSPS) is 30.9. The summed E-state index contributed by atoms with van der Waals surface area (Å²) in [5, 5.41) is 41.2. The third-order valence-corrected chi connectivity index (χ3v) is 6.57. The topological polar surface area (TPSA) is 127 Å². The van der Waals surface area contributed by atoms with Crippen LogP contribution in [0.4, 0.5) is 0 Å². The van der Waals surface area contributed by atoms with Crippen LogP contribution in [0.15, 0.2) is 42.5 Å². The minimum Gasteiger partial charge on any atom is -0.497 e. The largest absolute Gasteiger partial charge is 0.497 e. The van der Waals surface area contributed by atoms with E-state index in [0.29, 0.717) is 25.4 Å². The lowest BCUT2D eigenvalue weighted by Crippen LogP contribution is -2.66. The maximum absolute atomic E-state index is 10.6. The first-order chi connectivity index (χ1) is 16.8. The third-order valence-electron chi connectivity index (χ3n) is 6.57. The molecular formula is C26H34O9. The molecule has 6 atom stereocenters. The zero-order valence-corrected chi connectivity index (χ0v) is 20.0. The molecule has 0 saturated carbocycles. The van der Waals surface area contributed by atoms with Gasteiger partial charge in [0.25, 0.3) is 0 Å². The van der Waals surface area contributed by atoms with Gasteiger partial charge in [0, 0.05) is 19.4 Å². The molecule has 4 N–H and O–H groups in total. The van der Waals surface area contributed by atoms with Gasteiger partial charge in [-0.05, 0) is 48.2 Å². The van der Waals surface area contributed by atoms with Crippen molar-refractivity contribution in [3.63, 3.8) is 0 Å². The number of benzene rings is 2. The Kier molecular flexibility index (Phi) is 8.28. The van der Waals surface area contributed by atoms with E-state index >= 15 is 0 Å². The lowest BCUT2D eigenvalue weighted by atomic mass is 9.86. The highest BCUT2D eigenvalue weighted by atomic mass is 16.7. The van der Waals surface area contributed by atoms with Gasteiger partial charge in [0.15, 0.2) is 6.29 Å². The second-order valence-corrected chi connectivity index (χ2v) is 9.18. The van der Waals surface area contributed by atoms with Gasteiger partial charge in [0.2, 0.25) is 6.29 Å². The number of rotatable bonds is 9. The van der Waals surface area contributed by atoms with Crippen molar-refractivity contribution in [3.8, 4) is 11.5 Å². The Bertz CT molecular complexity index is 952. The highest BCUT2D eigenvalue weighted by Gasteiger charge is 2.52. The first-order valence-corrected chi connectivity index (χ1v) is 11.8. The molecule has 2 aliphatic rings. The minimum absolute atomic E-state index is 0.232. The summed E-state index contributed by atoms with van der Waals surface area (Å²) in [4.78, 5) is 0. The Morgan fingerprint density at radius 2 is 1.83 bits per heavy atom. The van der Waals surface area contributed by atoms with Gasteiger partial charge >= 0.3 is 0 Å². The zero-order chi connectivity index (χ0) is 25.0. The molecule has 2 aromatic rings. The van der Waals surface area contributed by atoms with Crippen molar-refractivity contribution in [3.05, 3.63) is 59.2 Å². The number of hydrogen-bond acceptors (Lipinski definition) is 9. The van der Waals surface area contributed by atoms with Crippen LogP contribution in [0.5, 0.6) is 11.5 Å². The van der Waals surface area contributed by atoms with Crippen molar-refractivity contribution >= 4 is 0 Å². The molecule has 2 aliphatic heterocycles. The summed E-state index contributed by atoms with van der Waals surface area (Å²) in [6, 6.07) is 13.3. The highest BCUT2D eigenvalue weighted by Crippen LogP contribution is 2.33. The molecule has 2 saturated heterocycles.